The monoisotopic (exact) mass is 576 g/mol. The maximum Gasteiger partial charge on any atom is 0.186 e. The summed E-state index contributed by atoms with van der Waals surface area (Å²) in [6.07, 6.45) is -1.58. The van der Waals surface area contributed by atoms with Crippen molar-refractivity contribution >= 4 is 8.07 Å². The molecule has 3 aromatic carbocycles. The minimum Gasteiger partial charge on any atom is -0.380 e. The molecular weight excluding hydrogens is 532 g/mol. The molecule has 1 N–H and O–H groups in total. The second-order valence-corrected chi connectivity index (χ2v) is 17.4. The SMILES string of the molecule is C=C[C@@]1(O)[C@H](OCc2ccccc2)[C@@H](OCc2ccccc2)[C@H](OCC[Si](C)(C)C)O[C@@H]1COCc1ccccc1. The van der Waals surface area contributed by atoms with Crippen LogP contribution >= 0.6 is 0 Å². The first-order chi connectivity index (χ1) is 19.8. The van der Waals surface area contributed by atoms with Crippen LogP contribution in [0.3, 0.4) is 0 Å². The zero-order chi connectivity index (χ0) is 29.1. The molecule has 1 aliphatic rings. The maximum absolute atomic E-state index is 12.1. The fourth-order valence-electron chi connectivity index (χ4n) is 4.75. The zero-order valence-corrected chi connectivity index (χ0v) is 25.5. The Morgan fingerprint density at radius 2 is 1.29 bits per heavy atom. The van der Waals surface area contributed by atoms with Crippen LogP contribution in [0.1, 0.15) is 16.7 Å². The topological polar surface area (TPSA) is 66.4 Å². The molecule has 1 heterocycles. The van der Waals surface area contributed by atoms with Gasteiger partial charge in [-0.3, -0.25) is 0 Å². The van der Waals surface area contributed by atoms with Crippen molar-refractivity contribution in [2.45, 2.75) is 75.7 Å². The predicted molar refractivity (Wildman–Crippen MR) is 164 cm³/mol. The Hall–Kier alpha value is -2.62. The lowest BCUT2D eigenvalue weighted by atomic mass is 9.84. The summed E-state index contributed by atoms with van der Waals surface area (Å²) in [5.41, 5.74) is 1.44. The second kappa shape index (κ2) is 15.0. The van der Waals surface area contributed by atoms with E-state index in [0.717, 1.165) is 22.7 Å². The molecule has 0 radical (unpaired) electrons. The van der Waals surface area contributed by atoms with Crippen LogP contribution in [-0.2, 0) is 43.5 Å². The highest BCUT2D eigenvalue weighted by atomic mass is 28.3. The number of benzene rings is 3. The molecule has 5 atom stereocenters. The molecule has 3 aromatic rings. The normalized spacial score (nSPS) is 24.7. The Balaban J connectivity index is 1.59. The van der Waals surface area contributed by atoms with E-state index in [-0.39, 0.29) is 13.2 Å². The summed E-state index contributed by atoms with van der Waals surface area (Å²) in [4.78, 5) is 0. The van der Waals surface area contributed by atoms with Crippen LogP contribution in [0.2, 0.25) is 25.7 Å². The van der Waals surface area contributed by atoms with E-state index in [0.29, 0.717) is 19.8 Å². The second-order valence-electron chi connectivity index (χ2n) is 11.7. The third-order valence-electron chi connectivity index (χ3n) is 7.24. The third kappa shape index (κ3) is 9.18. The molecule has 0 spiro atoms. The van der Waals surface area contributed by atoms with Crippen molar-refractivity contribution in [3.05, 3.63) is 120 Å². The van der Waals surface area contributed by atoms with E-state index in [2.05, 4.69) is 26.2 Å². The Morgan fingerprint density at radius 3 is 1.80 bits per heavy atom. The lowest BCUT2D eigenvalue weighted by molar-refractivity contribution is -0.338. The Morgan fingerprint density at radius 1 is 0.780 bits per heavy atom. The first kappa shape index (κ1) is 31.3. The fourth-order valence-corrected chi connectivity index (χ4v) is 5.48. The van der Waals surface area contributed by atoms with E-state index in [1.54, 1.807) is 0 Å². The minimum absolute atomic E-state index is 0.127. The molecule has 0 saturated carbocycles. The number of hydrogen-bond donors (Lipinski definition) is 1. The molecule has 0 bridgehead atoms. The average molecular weight is 577 g/mol. The number of ether oxygens (including phenoxy) is 5. The van der Waals surface area contributed by atoms with Crippen molar-refractivity contribution in [2.75, 3.05) is 13.2 Å². The molecule has 1 fully saturated rings. The summed E-state index contributed by atoms with van der Waals surface area (Å²) in [7, 11) is -1.36. The van der Waals surface area contributed by atoms with Gasteiger partial charge >= 0.3 is 0 Å². The summed E-state index contributed by atoms with van der Waals surface area (Å²) in [5, 5.41) is 12.1. The summed E-state index contributed by atoms with van der Waals surface area (Å²) in [5.74, 6) is 0. The van der Waals surface area contributed by atoms with Crippen LogP contribution in [0.25, 0.3) is 0 Å². The molecule has 0 aliphatic carbocycles. The molecular formula is C34H44O6Si. The van der Waals surface area contributed by atoms with E-state index in [1.165, 1.54) is 6.08 Å². The van der Waals surface area contributed by atoms with Crippen LogP contribution in [0.5, 0.6) is 0 Å². The van der Waals surface area contributed by atoms with Crippen LogP contribution in [0.4, 0.5) is 0 Å². The summed E-state index contributed by atoms with van der Waals surface area (Å²) in [6.45, 7) is 12.6. The minimum atomic E-state index is -1.59. The smallest absolute Gasteiger partial charge is 0.186 e. The molecule has 220 valence electrons. The predicted octanol–water partition coefficient (Wildman–Crippen LogP) is 6.37. The average Bonchev–Trinajstić information content (AvgIpc) is 2.98. The lowest BCUT2D eigenvalue weighted by Crippen LogP contribution is -2.67. The molecule has 7 heteroatoms. The van der Waals surface area contributed by atoms with E-state index in [9.17, 15) is 5.11 Å². The van der Waals surface area contributed by atoms with Gasteiger partial charge in [-0.1, -0.05) is 117 Å². The quantitative estimate of drug-likeness (QED) is 0.168. The zero-order valence-electron chi connectivity index (χ0n) is 24.5. The van der Waals surface area contributed by atoms with Gasteiger partial charge in [-0.25, -0.2) is 0 Å². The Kier molecular flexibility index (Phi) is 11.5. The van der Waals surface area contributed by atoms with Crippen molar-refractivity contribution in [3.63, 3.8) is 0 Å². The molecule has 1 saturated heterocycles. The van der Waals surface area contributed by atoms with E-state index in [1.807, 2.05) is 91.0 Å². The van der Waals surface area contributed by atoms with E-state index >= 15 is 0 Å². The van der Waals surface area contributed by atoms with Gasteiger partial charge in [-0.15, -0.1) is 6.58 Å². The number of rotatable bonds is 15. The van der Waals surface area contributed by atoms with E-state index < -0.39 is 38.3 Å². The van der Waals surface area contributed by atoms with Crippen molar-refractivity contribution in [1.29, 1.82) is 0 Å². The molecule has 0 unspecified atom stereocenters. The van der Waals surface area contributed by atoms with Crippen LogP contribution in [0.15, 0.2) is 104 Å². The van der Waals surface area contributed by atoms with Gasteiger partial charge in [-0.2, -0.15) is 0 Å². The molecule has 1 aliphatic heterocycles. The molecule has 4 rings (SSSR count). The molecule has 0 amide bonds. The van der Waals surface area contributed by atoms with E-state index in [4.69, 9.17) is 23.7 Å². The van der Waals surface area contributed by atoms with Gasteiger partial charge < -0.3 is 28.8 Å². The fraction of sp³-hybridized carbons (Fsp3) is 0.412. The molecule has 0 aromatic heterocycles. The van der Waals surface area contributed by atoms with Crippen LogP contribution < -0.4 is 0 Å². The van der Waals surface area contributed by atoms with Crippen molar-refractivity contribution in [2.24, 2.45) is 0 Å². The van der Waals surface area contributed by atoms with Crippen LogP contribution in [0, 0.1) is 0 Å². The highest BCUT2D eigenvalue weighted by molar-refractivity contribution is 6.76. The van der Waals surface area contributed by atoms with Gasteiger partial charge in [0.1, 0.15) is 23.9 Å². The van der Waals surface area contributed by atoms with Gasteiger partial charge in [0.05, 0.1) is 26.4 Å². The molecule has 6 nitrogen and oxygen atoms in total. The Labute approximate surface area is 245 Å². The van der Waals surface area contributed by atoms with Gasteiger partial charge in [0.25, 0.3) is 0 Å². The Bertz CT molecular complexity index is 1170. The van der Waals surface area contributed by atoms with Crippen molar-refractivity contribution in [3.8, 4) is 0 Å². The standard InChI is InChI=1S/C34H44O6Si/c1-5-34(35)30(26-36-23-27-15-9-6-10-16-27)40-33(37-21-22-41(2,3)4)31(38-24-28-17-11-7-12-18-28)32(34)39-25-29-19-13-8-14-20-29/h5-20,30-33,35H,1,21-26H2,2-4H3/t30-,31-,32-,33-,34+/m1/s1. The van der Waals surface area contributed by atoms with Crippen LogP contribution in [-0.4, -0.2) is 56.6 Å². The largest absolute Gasteiger partial charge is 0.380 e. The maximum atomic E-state index is 12.1. The summed E-state index contributed by atoms with van der Waals surface area (Å²) >= 11 is 0. The van der Waals surface area contributed by atoms with Crippen molar-refractivity contribution in [1.82, 2.24) is 0 Å². The van der Waals surface area contributed by atoms with Gasteiger partial charge in [0, 0.05) is 14.7 Å². The van der Waals surface area contributed by atoms with Crippen molar-refractivity contribution < 1.29 is 28.8 Å². The summed E-state index contributed by atoms with van der Waals surface area (Å²) in [6, 6.07) is 30.7. The van der Waals surface area contributed by atoms with Gasteiger partial charge in [0.15, 0.2) is 6.29 Å². The first-order valence-electron chi connectivity index (χ1n) is 14.3. The highest BCUT2D eigenvalue weighted by Crippen LogP contribution is 2.37. The van der Waals surface area contributed by atoms with Gasteiger partial charge in [0.2, 0.25) is 0 Å². The summed E-state index contributed by atoms with van der Waals surface area (Å²) < 4.78 is 31.9. The number of hydrogen-bond acceptors (Lipinski definition) is 6. The first-order valence-corrected chi connectivity index (χ1v) is 18.0. The molecule has 41 heavy (non-hydrogen) atoms. The van der Waals surface area contributed by atoms with Gasteiger partial charge in [-0.05, 0) is 22.7 Å². The lowest BCUT2D eigenvalue weighted by Gasteiger charge is -2.50. The number of aliphatic hydroxyl groups is 1. The highest BCUT2D eigenvalue weighted by Gasteiger charge is 2.56. The third-order valence-corrected chi connectivity index (χ3v) is 8.94.